The van der Waals surface area contributed by atoms with Gasteiger partial charge in [0.25, 0.3) is 0 Å². The summed E-state index contributed by atoms with van der Waals surface area (Å²) >= 11 is 0. The van der Waals surface area contributed by atoms with Crippen LogP contribution in [-0.4, -0.2) is 24.9 Å². The van der Waals surface area contributed by atoms with Gasteiger partial charge < -0.3 is 15.7 Å². The van der Waals surface area contributed by atoms with Crippen LogP contribution in [0, 0.1) is 6.92 Å². The first kappa shape index (κ1) is 18.6. The Morgan fingerprint density at radius 1 is 0.742 bits per heavy atom. The molecule has 0 aliphatic rings. The number of anilines is 4. The lowest BCUT2D eigenvalue weighted by Gasteiger charge is -2.14. The summed E-state index contributed by atoms with van der Waals surface area (Å²) in [6, 6.07) is 26.5. The molecule has 0 saturated carbocycles. The van der Waals surface area contributed by atoms with E-state index in [2.05, 4.69) is 15.7 Å². The summed E-state index contributed by atoms with van der Waals surface area (Å²) < 4.78 is 1.84. The summed E-state index contributed by atoms with van der Waals surface area (Å²) in [4.78, 5) is 9.55. The predicted octanol–water partition coefficient (Wildman–Crippen LogP) is 5.32. The standard InChI is InChI=1S/C24H20N6O/c1-16-14-22(30(29-16)18-9-3-2-4-10-18)28-24-23(25-17-8-7-11-19(31)15-17)26-20-12-5-6-13-21(20)27-24/h2-15,31H,1H3,(H,25,26)(H,27,28). The molecule has 0 bridgehead atoms. The van der Waals surface area contributed by atoms with Gasteiger partial charge in [-0.1, -0.05) is 36.4 Å². The fraction of sp³-hybridized carbons (Fsp3) is 0.0417. The van der Waals surface area contributed by atoms with E-state index >= 15 is 0 Å². The Hall–Kier alpha value is -4.39. The number of para-hydroxylation sites is 3. The topological polar surface area (TPSA) is 87.9 Å². The molecule has 2 heterocycles. The van der Waals surface area contributed by atoms with Crippen LogP contribution in [-0.2, 0) is 0 Å². The molecule has 5 aromatic rings. The number of hydrogen-bond donors (Lipinski definition) is 3. The Bertz CT molecular complexity index is 1360. The number of phenolic OH excluding ortho intramolecular Hbond substituents is 1. The van der Waals surface area contributed by atoms with Gasteiger partial charge in [-0.2, -0.15) is 5.10 Å². The van der Waals surface area contributed by atoms with Crippen LogP contribution in [0.2, 0.25) is 0 Å². The number of aryl methyl sites for hydroxylation is 1. The zero-order valence-electron chi connectivity index (χ0n) is 16.8. The molecule has 31 heavy (non-hydrogen) atoms. The number of nitrogens with zero attached hydrogens (tertiary/aromatic N) is 4. The van der Waals surface area contributed by atoms with Crippen molar-refractivity contribution in [3.63, 3.8) is 0 Å². The number of nitrogens with one attached hydrogen (secondary N) is 2. The van der Waals surface area contributed by atoms with Crippen molar-refractivity contribution in [1.82, 2.24) is 19.7 Å². The van der Waals surface area contributed by atoms with Crippen LogP contribution in [0.4, 0.5) is 23.1 Å². The quantitative estimate of drug-likeness (QED) is 0.365. The highest BCUT2D eigenvalue weighted by molar-refractivity contribution is 5.83. The molecule has 0 amide bonds. The van der Waals surface area contributed by atoms with Crippen molar-refractivity contribution in [3.05, 3.63) is 90.6 Å². The molecule has 0 radical (unpaired) electrons. The van der Waals surface area contributed by atoms with Gasteiger partial charge in [-0.25, -0.2) is 14.6 Å². The number of hydrogen-bond acceptors (Lipinski definition) is 6. The van der Waals surface area contributed by atoms with Crippen LogP contribution in [0.1, 0.15) is 5.69 Å². The van der Waals surface area contributed by atoms with E-state index < -0.39 is 0 Å². The Morgan fingerprint density at radius 3 is 2.13 bits per heavy atom. The molecule has 0 unspecified atom stereocenters. The maximum absolute atomic E-state index is 9.83. The molecular weight excluding hydrogens is 388 g/mol. The molecule has 7 nitrogen and oxygen atoms in total. The van der Waals surface area contributed by atoms with E-state index in [-0.39, 0.29) is 5.75 Å². The molecule has 0 spiro atoms. The molecule has 152 valence electrons. The van der Waals surface area contributed by atoms with E-state index in [0.717, 1.165) is 28.2 Å². The van der Waals surface area contributed by atoms with Crippen LogP contribution >= 0.6 is 0 Å². The number of aromatic nitrogens is 4. The minimum Gasteiger partial charge on any atom is -0.508 e. The zero-order valence-corrected chi connectivity index (χ0v) is 16.8. The third-order valence-corrected chi connectivity index (χ3v) is 4.76. The molecule has 0 atom stereocenters. The third kappa shape index (κ3) is 3.89. The predicted molar refractivity (Wildman–Crippen MR) is 123 cm³/mol. The first-order chi connectivity index (χ1) is 15.2. The monoisotopic (exact) mass is 408 g/mol. The summed E-state index contributed by atoms with van der Waals surface area (Å²) in [5.41, 5.74) is 4.06. The zero-order chi connectivity index (χ0) is 21.2. The van der Waals surface area contributed by atoms with Crippen molar-refractivity contribution in [2.45, 2.75) is 6.92 Å². The Balaban J connectivity index is 1.60. The van der Waals surface area contributed by atoms with E-state index in [1.54, 1.807) is 18.2 Å². The van der Waals surface area contributed by atoms with Crippen LogP contribution < -0.4 is 10.6 Å². The van der Waals surface area contributed by atoms with E-state index in [9.17, 15) is 5.11 Å². The molecule has 3 aromatic carbocycles. The molecule has 2 aromatic heterocycles. The highest BCUT2D eigenvalue weighted by Crippen LogP contribution is 2.29. The first-order valence-electron chi connectivity index (χ1n) is 9.88. The fourth-order valence-corrected chi connectivity index (χ4v) is 3.37. The van der Waals surface area contributed by atoms with Gasteiger partial charge in [-0.05, 0) is 43.3 Å². The van der Waals surface area contributed by atoms with Gasteiger partial charge in [-0.3, -0.25) is 0 Å². The van der Waals surface area contributed by atoms with Gasteiger partial charge >= 0.3 is 0 Å². The summed E-state index contributed by atoms with van der Waals surface area (Å²) in [5, 5.41) is 21.1. The van der Waals surface area contributed by atoms with Crippen molar-refractivity contribution in [2.24, 2.45) is 0 Å². The smallest absolute Gasteiger partial charge is 0.175 e. The Labute approximate surface area is 179 Å². The third-order valence-electron chi connectivity index (χ3n) is 4.76. The fourth-order valence-electron chi connectivity index (χ4n) is 3.37. The van der Waals surface area contributed by atoms with Crippen molar-refractivity contribution < 1.29 is 5.11 Å². The number of benzene rings is 3. The largest absolute Gasteiger partial charge is 0.508 e. The lowest BCUT2D eigenvalue weighted by molar-refractivity contribution is 0.475. The van der Waals surface area contributed by atoms with Crippen molar-refractivity contribution in [3.8, 4) is 11.4 Å². The van der Waals surface area contributed by atoms with Crippen LogP contribution in [0.5, 0.6) is 5.75 Å². The van der Waals surface area contributed by atoms with Crippen LogP contribution in [0.3, 0.4) is 0 Å². The minimum absolute atomic E-state index is 0.172. The van der Waals surface area contributed by atoms with Crippen molar-refractivity contribution in [1.29, 1.82) is 0 Å². The molecule has 0 aliphatic heterocycles. The second-order valence-corrected chi connectivity index (χ2v) is 7.13. The maximum Gasteiger partial charge on any atom is 0.175 e. The van der Waals surface area contributed by atoms with Gasteiger partial charge in [0.2, 0.25) is 0 Å². The minimum atomic E-state index is 0.172. The van der Waals surface area contributed by atoms with Gasteiger partial charge in [-0.15, -0.1) is 0 Å². The summed E-state index contributed by atoms with van der Waals surface area (Å²) in [5.74, 6) is 2.04. The van der Waals surface area contributed by atoms with Crippen LogP contribution in [0.15, 0.2) is 84.9 Å². The normalized spacial score (nSPS) is 10.9. The Kier molecular flexibility index (Phi) is 4.68. The second kappa shape index (κ2) is 7.79. The molecule has 7 heteroatoms. The molecule has 0 aliphatic carbocycles. The molecule has 0 fully saturated rings. The number of rotatable bonds is 5. The summed E-state index contributed by atoms with van der Waals surface area (Å²) in [6.07, 6.45) is 0. The van der Waals surface area contributed by atoms with E-state index in [1.807, 2.05) is 78.3 Å². The molecule has 0 saturated heterocycles. The lowest BCUT2D eigenvalue weighted by Crippen LogP contribution is -2.07. The summed E-state index contributed by atoms with van der Waals surface area (Å²) in [7, 11) is 0. The average Bonchev–Trinajstić information content (AvgIpc) is 3.15. The lowest BCUT2D eigenvalue weighted by atomic mass is 10.3. The molecule has 5 rings (SSSR count). The number of phenols is 1. The van der Waals surface area contributed by atoms with Gasteiger partial charge in [0.15, 0.2) is 11.6 Å². The molecular formula is C24H20N6O. The van der Waals surface area contributed by atoms with E-state index in [4.69, 9.17) is 9.97 Å². The number of fused-ring (bicyclic) bond motifs is 1. The van der Waals surface area contributed by atoms with Crippen LogP contribution in [0.25, 0.3) is 16.7 Å². The maximum atomic E-state index is 9.83. The van der Waals surface area contributed by atoms with Gasteiger partial charge in [0.1, 0.15) is 11.6 Å². The van der Waals surface area contributed by atoms with Gasteiger partial charge in [0, 0.05) is 17.8 Å². The highest BCUT2D eigenvalue weighted by Gasteiger charge is 2.14. The van der Waals surface area contributed by atoms with Crippen molar-refractivity contribution >= 4 is 34.2 Å². The second-order valence-electron chi connectivity index (χ2n) is 7.13. The molecule has 3 N–H and O–H groups in total. The first-order valence-corrected chi connectivity index (χ1v) is 9.88. The average molecular weight is 408 g/mol. The van der Waals surface area contributed by atoms with E-state index in [1.165, 1.54) is 0 Å². The Morgan fingerprint density at radius 2 is 1.42 bits per heavy atom. The highest BCUT2D eigenvalue weighted by atomic mass is 16.3. The van der Waals surface area contributed by atoms with Crippen molar-refractivity contribution in [2.75, 3.05) is 10.6 Å². The van der Waals surface area contributed by atoms with Gasteiger partial charge in [0.05, 0.1) is 22.4 Å². The SMILES string of the molecule is Cc1cc(Nc2nc3ccccc3nc2Nc2cccc(O)c2)n(-c2ccccc2)n1. The summed E-state index contributed by atoms with van der Waals surface area (Å²) in [6.45, 7) is 1.95. The number of aromatic hydroxyl groups is 1. The van der Waals surface area contributed by atoms with E-state index in [0.29, 0.717) is 17.3 Å².